The number of aromatic nitrogens is 4. The van der Waals surface area contributed by atoms with E-state index in [4.69, 9.17) is 24.1 Å². The molecule has 398 valence electrons. The van der Waals surface area contributed by atoms with Gasteiger partial charge in [0.25, 0.3) is 14.2 Å². The number of ether oxygens (including phenoxy) is 3. The van der Waals surface area contributed by atoms with Gasteiger partial charge in [-0.15, -0.1) is 0 Å². The molecular formula is C56H55N5O15Si. The van der Waals surface area contributed by atoms with E-state index in [1.807, 2.05) is 36.4 Å². The maximum Gasteiger partial charge on any atom is 0.365 e. The van der Waals surface area contributed by atoms with Crippen LogP contribution in [-0.4, -0.2) is 127 Å². The number of carbonyl (C=O) groups is 6. The van der Waals surface area contributed by atoms with Crippen molar-refractivity contribution >= 4 is 54.8 Å². The number of rotatable bonds is 14. The van der Waals surface area contributed by atoms with Gasteiger partial charge in [0.2, 0.25) is 0 Å². The van der Waals surface area contributed by atoms with E-state index >= 15 is 0 Å². The van der Waals surface area contributed by atoms with E-state index < -0.39 is 32.2 Å². The summed E-state index contributed by atoms with van der Waals surface area (Å²) in [6, 6.07) is 37.2. The van der Waals surface area contributed by atoms with Crippen molar-refractivity contribution < 1.29 is 72.9 Å². The number of pyridine rings is 4. The van der Waals surface area contributed by atoms with Crippen LogP contribution in [0.4, 0.5) is 0 Å². The average molecular weight is 1070 g/mol. The van der Waals surface area contributed by atoms with Crippen LogP contribution in [0, 0.1) is 0 Å². The van der Waals surface area contributed by atoms with Gasteiger partial charge in [0.1, 0.15) is 18.1 Å². The third-order valence-corrected chi connectivity index (χ3v) is 17.0. The van der Waals surface area contributed by atoms with Gasteiger partial charge in [0.05, 0.1) is 84.0 Å². The summed E-state index contributed by atoms with van der Waals surface area (Å²) >= 11 is 0. The van der Waals surface area contributed by atoms with Crippen LogP contribution in [0.25, 0.3) is 0 Å². The minimum atomic E-state index is -2.72. The number of phenols is 1. The molecule has 77 heavy (non-hydrogen) atoms. The smallest absolute Gasteiger partial charge is 0.365 e. The van der Waals surface area contributed by atoms with E-state index in [0.717, 1.165) is 10.4 Å². The van der Waals surface area contributed by atoms with Crippen molar-refractivity contribution in [1.29, 1.82) is 0 Å². The lowest BCUT2D eigenvalue weighted by molar-refractivity contribution is -0.0152. The topological polar surface area (TPSA) is 295 Å². The van der Waals surface area contributed by atoms with Crippen molar-refractivity contribution in [3.8, 4) is 11.5 Å². The molecule has 0 spiro atoms. The number of benzene rings is 3. The van der Waals surface area contributed by atoms with Crippen LogP contribution in [0.1, 0.15) is 100 Å². The summed E-state index contributed by atoms with van der Waals surface area (Å²) in [5.74, 6) is -3.53. The number of carboxylic acid groups (broad SMARTS) is 2. The minimum Gasteiger partial charge on any atom is -0.507 e. The number of aromatic hydroxyl groups is 1. The van der Waals surface area contributed by atoms with Crippen LogP contribution in [-0.2, 0) is 33.7 Å². The number of phenolic OH excluding ortho intramolecular Hbond substituents is 1. The molecule has 1 fully saturated rings. The molecule has 3 aromatic carbocycles. The van der Waals surface area contributed by atoms with Crippen molar-refractivity contribution in [2.75, 3.05) is 26.4 Å². The summed E-state index contributed by atoms with van der Waals surface area (Å²) in [5.41, 5.74) is 1.93. The van der Waals surface area contributed by atoms with Crippen LogP contribution in [0.2, 0.25) is 5.04 Å². The first kappa shape index (κ1) is 57.4. The predicted octanol–water partition coefficient (Wildman–Crippen LogP) is 5.53. The molecule has 7 aromatic rings. The van der Waals surface area contributed by atoms with Gasteiger partial charge in [-0.3, -0.25) is 24.5 Å². The Bertz CT molecular complexity index is 3100. The zero-order valence-corrected chi connectivity index (χ0v) is 43.1. The zero-order valence-electron chi connectivity index (χ0n) is 42.1. The number of fused-ring (bicyclic) bond motifs is 1. The molecule has 0 bridgehead atoms. The number of morpholine rings is 1. The number of aliphatic hydroxyl groups excluding tert-OH is 2. The highest BCUT2D eigenvalue weighted by Crippen LogP contribution is 2.37. The first-order valence-corrected chi connectivity index (χ1v) is 25.7. The zero-order chi connectivity index (χ0) is 55.5. The molecule has 1 amide bonds. The number of carboxylic acids is 2. The fraction of sp³-hybridized carbons (Fsp3) is 0.214. The molecule has 0 aliphatic carbocycles. The van der Waals surface area contributed by atoms with E-state index in [0.29, 0.717) is 36.4 Å². The molecule has 0 unspecified atom stereocenters. The molecule has 1 saturated heterocycles. The summed E-state index contributed by atoms with van der Waals surface area (Å²) in [6.45, 7) is 7.16. The molecule has 9 rings (SSSR count). The Morgan fingerprint density at radius 2 is 1.22 bits per heavy atom. The molecule has 2 aliphatic rings. The van der Waals surface area contributed by atoms with Crippen LogP contribution in [0.5, 0.6) is 11.5 Å². The van der Waals surface area contributed by atoms with E-state index in [9.17, 15) is 44.1 Å². The molecule has 0 saturated carbocycles. The lowest BCUT2D eigenvalue weighted by Gasteiger charge is -2.43. The second-order valence-corrected chi connectivity index (χ2v) is 22.1. The quantitative estimate of drug-likeness (QED) is 0.0387. The summed E-state index contributed by atoms with van der Waals surface area (Å²) < 4.78 is 22.2. The van der Waals surface area contributed by atoms with E-state index in [2.05, 4.69) is 69.7 Å². The number of hydrogen-bond acceptors (Lipinski definition) is 17. The van der Waals surface area contributed by atoms with Gasteiger partial charge in [-0.05, 0) is 76.1 Å². The Labute approximate surface area is 443 Å². The number of amides is 1. The number of carbonyl (C=O) groups excluding carboxylic acids is 4. The Morgan fingerprint density at radius 3 is 1.75 bits per heavy atom. The number of cyclic esters (lactones) is 2. The number of aromatic carboxylic acids is 2. The van der Waals surface area contributed by atoms with E-state index in [-0.39, 0.29) is 95.2 Å². The number of aldehydes is 1. The summed E-state index contributed by atoms with van der Waals surface area (Å²) in [4.78, 5) is 85.0. The van der Waals surface area contributed by atoms with Crippen molar-refractivity contribution in [2.24, 2.45) is 0 Å². The Hall–Kier alpha value is -8.86. The third kappa shape index (κ3) is 14.1. The second-order valence-electron chi connectivity index (χ2n) is 17.8. The Morgan fingerprint density at radius 1 is 0.688 bits per heavy atom. The second kappa shape index (κ2) is 27.1. The Kier molecular flexibility index (Phi) is 20.2. The van der Waals surface area contributed by atoms with Crippen molar-refractivity contribution in [3.05, 3.63) is 203 Å². The highest BCUT2D eigenvalue weighted by atomic mass is 28.4. The molecule has 5 N–H and O–H groups in total. The lowest BCUT2D eigenvalue weighted by Crippen LogP contribution is -2.66. The van der Waals surface area contributed by atoms with Gasteiger partial charge in [0, 0.05) is 31.3 Å². The molecule has 4 aromatic heterocycles. The lowest BCUT2D eigenvalue weighted by atomic mass is 10.1. The summed E-state index contributed by atoms with van der Waals surface area (Å²) in [7, 11) is -2.72. The van der Waals surface area contributed by atoms with Crippen molar-refractivity contribution in [3.63, 3.8) is 0 Å². The highest BCUT2D eigenvalue weighted by Gasteiger charge is 2.50. The number of aliphatic hydroxyl groups is 2. The maximum absolute atomic E-state index is 12.9. The first-order chi connectivity index (χ1) is 37.1. The summed E-state index contributed by atoms with van der Waals surface area (Å²) in [5, 5.41) is 48.0. The fourth-order valence-corrected chi connectivity index (χ4v) is 12.8. The SMILES string of the molecule is CC(C)(C)[Si](OCc1ncccc1C(=O)O)(c1ccccc1)c1ccccc1.O=C(O)c1cccnc1CO.O=C1OC(=O)c2ncccc21.O=Cc1c(O)cccc1OC[C@@H]1COCCN1C(=O)c1cccnc1CO. The molecule has 6 heterocycles. The molecule has 20 nitrogen and oxygen atoms in total. The van der Waals surface area contributed by atoms with Crippen LogP contribution in [0.15, 0.2) is 152 Å². The molecule has 0 radical (unpaired) electrons. The highest BCUT2D eigenvalue weighted by molar-refractivity contribution is 6.99. The van der Waals surface area contributed by atoms with Crippen LogP contribution in [0.3, 0.4) is 0 Å². The molecule has 1 atom stereocenters. The fourth-order valence-electron chi connectivity index (χ4n) is 8.30. The number of nitrogens with zero attached hydrogens (tertiary/aromatic N) is 5. The molecule has 2 aliphatic heterocycles. The molecular weight excluding hydrogens is 1010 g/mol. The minimum absolute atomic E-state index is 0.0509. The summed E-state index contributed by atoms with van der Waals surface area (Å²) in [6.07, 6.45) is 6.53. The van der Waals surface area contributed by atoms with Crippen LogP contribution >= 0.6 is 0 Å². The largest absolute Gasteiger partial charge is 0.507 e. The Balaban J connectivity index is 0.000000180. The van der Waals surface area contributed by atoms with Crippen molar-refractivity contribution in [1.82, 2.24) is 24.8 Å². The third-order valence-electron chi connectivity index (χ3n) is 12.0. The van der Waals surface area contributed by atoms with Crippen LogP contribution < -0.4 is 15.1 Å². The van der Waals surface area contributed by atoms with Gasteiger partial charge < -0.3 is 49.1 Å². The first-order valence-electron chi connectivity index (χ1n) is 23.8. The van der Waals surface area contributed by atoms with Gasteiger partial charge in [0.15, 0.2) is 12.0 Å². The predicted molar refractivity (Wildman–Crippen MR) is 280 cm³/mol. The normalized spacial score (nSPS) is 13.7. The average Bonchev–Trinajstić information content (AvgIpc) is 3.79. The monoisotopic (exact) mass is 1070 g/mol. The van der Waals surface area contributed by atoms with E-state index in [1.165, 1.54) is 42.9 Å². The van der Waals surface area contributed by atoms with Gasteiger partial charge in [-0.1, -0.05) is 87.5 Å². The standard InChI is InChI=1S/C23H25NO3Si.C19H20N2O6.C7H3NO3.C7H7NO3/c1-23(2,3)28(18-11-6-4-7-12-18,19-13-8-5-9-14-19)27-17-21-20(22(25)26)15-10-16-24-21;22-9-15-17(24)4-1-5-18(15)27-12-13-11-26-8-7-21(13)19(25)14-3-2-6-20-16(14)10-23;9-6-4-2-1-3-8-5(4)7(10)11-6;9-4-6-5(7(10)11)2-1-3-8-6/h4-16H,17H2,1-3H3,(H,25,26);1-6,9,13,23-24H,7-8,10-12H2;1-3H;1-3,9H,4H2,(H,10,11)/t;13-;;/m.0../s1. The van der Waals surface area contributed by atoms with Gasteiger partial charge in [-0.25, -0.2) is 24.2 Å². The number of hydrogen-bond donors (Lipinski definition) is 5. The maximum atomic E-state index is 12.9. The number of esters is 2. The van der Waals surface area contributed by atoms with Gasteiger partial charge in [-0.2, -0.15) is 0 Å². The van der Waals surface area contributed by atoms with E-state index in [1.54, 1.807) is 53.6 Å². The molecule has 21 heteroatoms. The van der Waals surface area contributed by atoms with Crippen molar-refractivity contribution in [2.45, 2.75) is 51.7 Å². The van der Waals surface area contributed by atoms with Gasteiger partial charge >= 0.3 is 23.9 Å².